The number of rotatable bonds is 4. The predicted molar refractivity (Wildman–Crippen MR) is 73.6 cm³/mol. The van der Waals surface area contributed by atoms with Gasteiger partial charge in [0.05, 0.1) is 5.54 Å². The van der Waals surface area contributed by atoms with E-state index in [2.05, 4.69) is 36.5 Å². The molecule has 0 aliphatic carbocycles. The van der Waals surface area contributed by atoms with Crippen molar-refractivity contribution in [3.05, 3.63) is 16.1 Å². The molecule has 1 aromatic heterocycles. The molecular weight excluding hydrogens is 230 g/mol. The fourth-order valence-corrected chi connectivity index (χ4v) is 3.44. The molecule has 17 heavy (non-hydrogen) atoms. The summed E-state index contributed by atoms with van der Waals surface area (Å²) in [5.74, 6) is 0. The second-order valence-electron chi connectivity index (χ2n) is 5.11. The summed E-state index contributed by atoms with van der Waals surface area (Å²) in [6.07, 6.45) is 3.54. The first-order valence-electron chi connectivity index (χ1n) is 6.52. The number of thiazole rings is 1. The lowest BCUT2D eigenvalue weighted by molar-refractivity contribution is 0.156. The molecule has 3 nitrogen and oxygen atoms in total. The maximum Gasteiger partial charge on any atom is 0.113 e. The summed E-state index contributed by atoms with van der Waals surface area (Å²) in [5.41, 5.74) is 1.29. The molecule has 1 aromatic rings. The molecule has 2 rings (SSSR count). The van der Waals surface area contributed by atoms with Gasteiger partial charge in [0.2, 0.25) is 0 Å². The Hall–Kier alpha value is -0.450. The minimum Gasteiger partial charge on any atom is -0.306 e. The van der Waals surface area contributed by atoms with Crippen molar-refractivity contribution in [2.24, 2.45) is 0 Å². The van der Waals surface area contributed by atoms with Crippen molar-refractivity contribution < 1.29 is 0 Å². The van der Waals surface area contributed by atoms with Gasteiger partial charge in [-0.25, -0.2) is 4.98 Å². The number of aryl methyl sites for hydroxylation is 1. The molecule has 0 spiro atoms. The molecule has 4 heteroatoms. The average molecular weight is 253 g/mol. The molecule has 2 heterocycles. The minimum absolute atomic E-state index is 0.140. The normalized spacial score (nSPS) is 20.6. The zero-order chi connectivity index (χ0) is 12.3. The zero-order valence-electron chi connectivity index (χ0n) is 11.1. The third-order valence-electron chi connectivity index (χ3n) is 3.58. The summed E-state index contributed by atoms with van der Waals surface area (Å²) in [7, 11) is 2.21. The van der Waals surface area contributed by atoms with Gasteiger partial charge in [-0.15, -0.1) is 11.3 Å². The average Bonchev–Trinajstić information content (AvgIpc) is 2.76. The smallest absolute Gasteiger partial charge is 0.113 e. The molecule has 0 atom stereocenters. The molecule has 1 fully saturated rings. The van der Waals surface area contributed by atoms with E-state index in [1.807, 2.05) is 11.3 Å². The highest BCUT2D eigenvalue weighted by Gasteiger charge is 2.37. The molecule has 0 bridgehead atoms. The maximum atomic E-state index is 4.72. The fourth-order valence-electron chi connectivity index (χ4n) is 2.40. The second kappa shape index (κ2) is 5.46. The van der Waals surface area contributed by atoms with Gasteiger partial charge in [-0.1, -0.05) is 6.92 Å². The van der Waals surface area contributed by atoms with Crippen LogP contribution in [0.3, 0.4) is 0 Å². The van der Waals surface area contributed by atoms with Gasteiger partial charge < -0.3 is 10.2 Å². The Bertz CT molecular complexity index is 348. The summed E-state index contributed by atoms with van der Waals surface area (Å²) in [6.45, 7) is 7.72. The third kappa shape index (κ3) is 2.87. The van der Waals surface area contributed by atoms with Gasteiger partial charge in [0.25, 0.3) is 0 Å². The van der Waals surface area contributed by atoms with Gasteiger partial charge in [-0.3, -0.25) is 0 Å². The predicted octanol–water partition coefficient (Wildman–Crippen LogP) is 2.37. The molecule has 1 aliphatic rings. The van der Waals surface area contributed by atoms with E-state index in [1.54, 1.807) is 0 Å². The van der Waals surface area contributed by atoms with Crippen LogP contribution in [0.25, 0.3) is 0 Å². The number of likely N-dealkylation sites (tertiary alicyclic amines) is 1. The largest absolute Gasteiger partial charge is 0.306 e. The van der Waals surface area contributed by atoms with E-state index in [4.69, 9.17) is 4.98 Å². The molecule has 1 aliphatic heterocycles. The van der Waals surface area contributed by atoms with Crippen molar-refractivity contribution in [3.8, 4) is 0 Å². The molecule has 0 aromatic carbocycles. The van der Waals surface area contributed by atoms with E-state index in [0.29, 0.717) is 0 Å². The second-order valence-corrected chi connectivity index (χ2v) is 5.96. The van der Waals surface area contributed by atoms with E-state index in [1.165, 1.54) is 24.3 Å². The van der Waals surface area contributed by atoms with Crippen molar-refractivity contribution >= 4 is 11.3 Å². The summed E-state index contributed by atoms with van der Waals surface area (Å²) in [4.78, 5) is 7.13. The van der Waals surface area contributed by atoms with E-state index in [9.17, 15) is 0 Å². The number of nitrogens with zero attached hydrogens (tertiary/aromatic N) is 2. The number of aromatic nitrogens is 1. The van der Waals surface area contributed by atoms with Crippen LogP contribution in [0.15, 0.2) is 5.38 Å². The SMILES string of the molecule is CCCNC1(c2nc(C)cs2)CCN(C)CC1. The van der Waals surface area contributed by atoms with Gasteiger partial charge in [0, 0.05) is 24.2 Å². The molecule has 1 N–H and O–H groups in total. The van der Waals surface area contributed by atoms with Crippen molar-refractivity contribution in [3.63, 3.8) is 0 Å². The van der Waals surface area contributed by atoms with Crippen LogP contribution in [-0.2, 0) is 5.54 Å². The highest BCUT2D eigenvalue weighted by atomic mass is 32.1. The molecular formula is C13H23N3S. The molecule has 0 radical (unpaired) electrons. The molecule has 1 saturated heterocycles. The number of hydrogen-bond donors (Lipinski definition) is 1. The highest BCUT2D eigenvalue weighted by molar-refractivity contribution is 7.09. The van der Waals surface area contributed by atoms with Crippen molar-refractivity contribution in [1.29, 1.82) is 0 Å². The van der Waals surface area contributed by atoms with Crippen molar-refractivity contribution in [2.45, 2.75) is 38.6 Å². The number of hydrogen-bond acceptors (Lipinski definition) is 4. The number of piperidine rings is 1. The first-order chi connectivity index (χ1) is 8.16. The fraction of sp³-hybridized carbons (Fsp3) is 0.769. The molecule has 0 unspecified atom stereocenters. The van der Waals surface area contributed by atoms with Crippen molar-refractivity contribution in [1.82, 2.24) is 15.2 Å². The Morgan fingerprint density at radius 1 is 1.47 bits per heavy atom. The van der Waals surface area contributed by atoms with Gasteiger partial charge in [-0.2, -0.15) is 0 Å². The quantitative estimate of drug-likeness (QED) is 0.893. The molecule has 0 saturated carbocycles. The standard InChI is InChI=1S/C13H23N3S/c1-4-7-14-13(5-8-16(3)9-6-13)12-15-11(2)10-17-12/h10,14H,4-9H2,1-3H3. The van der Waals surface area contributed by atoms with Crippen LogP contribution in [0.5, 0.6) is 0 Å². The maximum absolute atomic E-state index is 4.72. The van der Waals surface area contributed by atoms with Gasteiger partial charge >= 0.3 is 0 Å². The van der Waals surface area contributed by atoms with Crippen LogP contribution < -0.4 is 5.32 Å². The van der Waals surface area contributed by atoms with Crippen LogP contribution in [0, 0.1) is 6.92 Å². The van der Waals surface area contributed by atoms with E-state index in [-0.39, 0.29) is 5.54 Å². The van der Waals surface area contributed by atoms with Gasteiger partial charge in [-0.05, 0) is 39.8 Å². The third-order valence-corrected chi connectivity index (χ3v) is 4.75. The Labute approximate surface area is 108 Å². The minimum atomic E-state index is 0.140. The Morgan fingerprint density at radius 3 is 2.71 bits per heavy atom. The topological polar surface area (TPSA) is 28.2 Å². The zero-order valence-corrected chi connectivity index (χ0v) is 11.9. The van der Waals surface area contributed by atoms with Crippen molar-refractivity contribution in [2.75, 3.05) is 26.7 Å². The lowest BCUT2D eigenvalue weighted by Crippen LogP contribution is -2.50. The summed E-state index contributed by atoms with van der Waals surface area (Å²) in [5, 5.41) is 7.21. The lowest BCUT2D eigenvalue weighted by Gasteiger charge is -2.40. The Kier molecular flexibility index (Phi) is 4.17. The number of nitrogens with one attached hydrogen (secondary N) is 1. The van der Waals surface area contributed by atoms with Gasteiger partial charge in [0.1, 0.15) is 5.01 Å². The van der Waals surface area contributed by atoms with Crippen LogP contribution in [0.1, 0.15) is 36.9 Å². The van der Waals surface area contributed by atoms with Crippen LogP contribution in [0.4, 0.5) is 0 Å². The van der Waals surface area contributed by atoms with E-state index >= 15 is 0 Å². The summed E-state index contributed by atoms with van der Waals surface area (Å²) >= 11 is 1.81. The Balaban J connectivity index is 2.18. The van der Waals surface area contributed by atoms with Crippen LogP contribution in [0.2, 0.25) is 0 Å². The van der Waals surface area contributed by atoms with Crippen LogP contribution >= 0.6 is 11.3 Å². The van der Waals surface area contributed by atoms with E-state index in [0.717, 1.165) is 25.3 Å². The summed E-state index contributed by atoms with van der Waals surface area (Å²) in [6, 6.07) is 0. The monoisotopic (exact) mass is 253 g/mol. The molecule has 0 amide bonds. The summed E-state index contributed by atoms with van der Waals surface area (Å²) < 4.78 is 0. The van der Waals surface area contributed by atoms with E-state index < -0.39 is 0 Å². The highest BCUT2D eigenvalue weighted by Crippen LogP contribution is 2.34. The first-order valence-corrected chi connectivity index (χ1v) is 7.40. The Morgan fingerprint density at radius 2 is 2.18 bits per heavy atom. The van der Waals surface area contributed by atoms with Gasteiger partial charge in [0.15, 0.2) is 0 Å². The lowest BCUT2D eigenvalue weighted by atomic mass is 9.88. The first kappa shape index (κ1) is 13.0. The molecule has 96 valence electrons. The van der Waals surface area contributed by atoms with Crippen LogP contribution in [-0.4, -0.2) is 36.6 Å².